The third kappa shape index (κ3) is 3.74. The lowest BCUT2D eigenvalue weighted by Gasteiger charge is -2.25. The fourth-order valence-electron chi connectivity index (χ4n) is 1.56. The van der Waals surface area contributed by atoms with Crippen LogP contribution in [-0.2, 0) is 10.7 Å². The first-order chi connectivity index (χ1) is 8.45. The number of rotatable bonds is 5. The van der Waals surface area contributed by atoms with Gasteiger partial charge in [0.25, 0.3) is 5.91 Å². The summed E-state index contributed by atoms with van der Waals surface area (Å²) in [6.45, 7) is 3.61. The molecule has 0 aromatic heterocycles. The first-order valence-electron chi connectivity index (χ1n) is 5.70. The molecule has 4 nitrogen and oxygen atoms in total. The number of alkyl halides is 1. The van der Waals surface area contributed by atoms with Crippen LogP contribution in [0.5, 0.6) is 0 Å². The monoisotopic (exact) mass is 268 g/mol. The van der Waals surface area contributed by atoms with Crippen LogP contribution < -0.4 is 5.73 Å². The van der Waals surface area contributed by atoms with Crippen LogP contribution in [-0.4, -0.2) is 29.3 Å². The van der Waals surface area contributed by atoms with Crippen LogP contribution in [0, 0.1) is 0 Å². The molecule has 1 rings (SSSR count). The van der Waals surface area contributed by atoms with E-state index >= 15 is 0 Å². The zero-order valence-electron chi connectivity index (χ0n) is 10.5. The zero-order valence-corrected chi connectivity index (χ0v) is 11.3. The quantitative estimate of drug-likeness (QED) is 0.827. The van der Waals surface area contributed by atoms with Gasteiger partial charge in [-0.15, -0.1) is 11.6 Å². The Bertz CT molecular complexity index is 429. The van der Waals surface area contributed by atoms with Gasteiger partial charge >= 0.3 is 0 Å². The van der Waals surface area contributed by atoms with Crippen molar-refractivity contribution in [3.63, 3.8) is 0 Å². The lowest BCUT2D eigenvalue weighted by Crippen LogP contribution is -2.42. The van der Waals surface area contributed by atoms with E-state index in [0.29, 0.717) is 11.4 Å². The Hall–Kier alpha value is -1.55. The van der Waals surface area contributed by atoms with Gasteiger partial charge in [0.2, 0.25) is 5.91 Å². The van der Waals surface area contributed by atoms with Gasteiger partial charge in [0, 0.05) is 17.5 Å². The van der Waals surface area contributed by atoms with Crippen LogP contribution in [0.15, 0.2) is 24.3 Å². The summed E-state index contributed by atoms with van der Waals surface area (Å²) in [5.41, 5.74) is 6.61. The highest BCUT2D eigenvalue weighted by molar-refractivity contribution is 6.17. The molecule has 0 unspecified atom stereocenters. The average Bonchev–Trinajstić information content (AvgIpc) is 2.34. The third-order valence-electron chi connectivity index (χ3n) is 2.57. The van der Waals surface area contributed by atoms with E-state index in [4.69, 9.17) is 17.3 Å². The van der Waals surface area contributed by atoms with Crippen molar-refractivity contribution in [1.82, 2.24) is 4.90 Å². The van der Waals surface area contributed by atoms with Crippen LogP contribution in [0.2, 0.25) is 0 Å². The zero-order chi connectivity index (χ0) is 13.7. The summed E-state index contributed by atoms with van der Waals surface area (Å²) in [5, 5.41) is 0. The van der Waals surface area contributed by atoms with Crippen LogP contribution in [0.1, 0.15) is 29.8 Å². The molecule has 0 saturated carbocycles. The van der Waals surface area contributed by atoms with Crippen molar-refractivity contribution < 1.29 is 9.59 Å². The molecule has 0 aliphatic heterocycles. The second-order valence-electron chi connectivity index (χ2n) is 4.32. The van der Waals surface area contributed by atoms with Gasteiger partial charge in [0.15, 0.2) is 0 Å². The van der Waals surface area contributed by atoms with E-state index in [-0.39, 0.29) is 18.5 Å². The van der Waals surface area contributed by atoms with Gasteiger partial charge in [0.1, 0.15) is 0 Å². The highest BCUT2D eigenvalue weighted by Gasteiger charge is 2.20. The summed E-state index contributed by atoms with van der Waals surface area (Å²) >= 11 is 5.68. The molecule has 98 valence electrons. The largest absolute Gasteiger partial charge is 0.368 e. The maximum atomic E-state index is 12.2. The Morgan fingerprint density at radius 1 is 1.28 bits per heavy atom. The molecule has 0 radical (unpaired) electrons. The summed E-state index contributed by atoms with van der Waals surface area (Å²) in [7, 11) is 0. The molecule has 0 fully saturated rings. The third-order valence-corrected chi connectivity index (χ3v) is 2.87. The van der Waals surface area contributed by atoms with Crippen molar-refractivity contribution >= 4 is 23.4 Å². The van der Waals surface area contributed by atoms with Gasteiger partial charge in [-0.2, -0.15) is 0 Å². The fraction of sp³-hybridized carbons (Fsp3) is 0.385. The van der Waals surface area contributed by atoms with Crippen LogP contribution in [0.4, 0.5) is 0 Å². The van der Waals surface area contributed by atoms with E-state index in [1.807, 2.05) is 13.8 Å². The molecule has 0 heterocycles. The second kappa shape index (κ2) is 6.40. The van der Waals surface area contributed by atoms with E-state index in [1.165, 1.54) is 4.90 Å². The summed E-state index contributed by atoms with van der Waals surface area (Å²) in [6.07, 6.45) is 0. The number of hydrogen-bond donors (Lipinski definition) is 1. The summed E-state index contributed by atoms with van der Waals surface area (Å²) < 4.78 is 0. The van der Waals surface area contributed by atoms with Crippen LogP contribution in [0.3, 0.4) is 0 Å². The van der Waals surface area contributed by atoms with Crippen LogP contribution >= 0.6 is 11.6 Å². The normalized spacial score (nSPS) is 10.4. The molecule has 0 aliphatic carbocycles. The maximum Gasteiger partial charge on any atom is 0.254 e. The first-order valence-corrected chi connectivity index (χ1v) is 6.23. The average molecular weight is 269 g/mol. The molecule has 0 aliphatic rings. The molecule has 5 heteroatoms. The van der Waals surface area contributed by atoms with Crippen molar-refractivity contribution in [2.24, 2.45) is 5.73 Å². The summed E-state index contributed by atoms with van der Waals surface area (Å²) in [4.78, 5) is 24.6. The number of carbonyl (C=O) groups is 2. The van der Waals surface area contributed by atoms with Gasteiger partial charge in [-0.25, -0.2) is 0 Å². The molecule has 1 aromatic carbocycles. The smallest absolute Gasteiger partial charge is 0.254 e. The maximum absolute atomic E-state index is 12.2. The van der Waals surface area contributed by atoms with Gasteiger partial charge in [-0.3, -0.25) is 9.59 Å². The Labute approximate surface area is 112 Å². The number of amides is 2. The first kappa shape index (κ1) is 14.5. The highest BCUT2D eigenvalue weighted by Crippen LogP contribution is 2.11. The molecular weight excluding hydrogens is 252 g/mol. The van der Waals surface area contributed by atoms with Crippen molar-refractivity contribution in [2.45, 2.75) is 25.8 Å². The summed E-state index contributed by atoms with van der Waals surface area (Å²) in [6, 6.07) is 6.91. The molecule has 1 aromatic rings. The molecule has 0 bridgehead atoms. The van der Waals surface area contributed by atoms with E-state index < -0.39 is 5.91 Å². The van der Waals surface area contributed by atoms with Gasteiger partial charge < -0.3 is 10.6 Å². The van der Waals surface area contributed by atoms with Gasteiger partial charge in [-0.05, 0) is 31.5 Å². The Morgan fingerprint density at radius 2 is 1.83 bits per heavy atom. The number of carbonyl (C=O) groups excluding carboxylic acids is 2. The minimum atomic E-state index is -0.519. The number of nitrogens with zero attached hydrogens (tertiary/aromatic N) is 1. The SMILES string of the molecule is CC(C)N(CC(N)=O)C(=O)c1ccc(CCl)cc1. The lowest BCUT2D eigenvalue weighted by atomic mass is 10.1. The minimum absolute atomic E-state index is 0.0756. The second-order valence-corrected chi connectivity index (χ2v) is 4.59. The van der Waals surface area contributed by atoms with Crippen LogP contribution in [0.25, 0.3) is 0 Å². The fourth-order valence-corrected chi connectivity index (χ4v) is 1.74. The molecule has 2 N–H and O–H groups in total. The predicted octanol–water partition coefficient (Wildman–Crippen LogP) is 1.76. The molecule has 0 saturated heterocycles. The van der Waals surface area contributed by atoms with Gasteiger partial charge in [0.05, 0.1) is 6.54 Å². The van der Waals surface area contributed by atoms with Gasteiger partial charge in [-0.1, -0.05) is 12.1 Å². The number of benzene rings is 1. The minimum Gasteiger partial charge on any atom is -0.368 e. The molecule has 2 amide bonds. The Balaban J connectivity index is 2.90. The molecule has 0 atom stereocenters. The highest BCUT2D eigenvalue weighted by atomic mass is 35.5. The van der Waals surface area contributed by atoms with Crippen molar-refractivity contribution in [1.29, 1.82) is 0 Å². The number of primary amides is 1. The Morgan fingerprint density at radius 3 is 2.22 bits per heavy atom. The molecular formula is C13H17ClN2O2. The standard InChI is InChI=1S/C13H17ClN2O2/c1-9(2)16(8-12(15)17)13(18)11-5-3-10(7-14)4-6-11/h3-6,9H,7-8H2,1-2H3,(H2,15,17). The van der Waals surface area contributed by atoms with Crippen molar-refractivity contribution in [2.75, 3.05) is 6.54 Å². The van der Waals surface area contributed by atoms with E-state index in [9.17, 15) is 9.59 Å². The number of halogens is 1. The number of nitrogens with two attached hydrogens (primary N) is 1. The lowest BCUT2D eigenvalue weighted by molar-refractivity contribution is -0.119. The topological polar surface area (TPSA) is 63.4 Å². The summed E-state index contributed by atoms with van der Waals surface area (Å²) in [5.74, 6) is -0.316. The van der Waals surface area contributed by atoms with E-state index in [1.54, 1.807) is 24.3 Å². The predicted molar refractivity (Wildman–Crippen MR) is 71.4 cm³/mol. The molecule has 0 spiro atoms. The van der Waals surface area contributed by atoms with Crippen molar-refractivity contribution in [3.8, 4) is 0 Å². The number of hydrogen-bond acceptors (Lipinski definition) is 2. The van der Waals surface area contributed by atoms with E-state index in [0.717, 1.165) is 5.56 Å². The van der Waals surface area contributed by atoms with Crippen molar-refractivity contribution in [3.05, 3.63) is 35.4 Å². The molecule has 18 heavy (non-hydrogen) atoms. The van der Waals surface area contributed by atoms with E-state index in [2.05, 4.69) is 0 Å². The Kier molecular flexibility index (Phi) is 5.16.